The average molecular weight is 531 g/mol. The lowest BCUT2D eigenvalue weighted by atomic mass is 9.83. The molecule has 3 aliphatic rings. The molecule has 0 unspecified atom stereocenters. The van der Waals surface area contributed by atoms with E-state index in [1.807, 2.05) is 6.20 Å². The number of piperazine rings is 1. The van der Waals surface area contributed by atoms with E-state index in [9.17, 15) is 5.11 Å². The molecule has 39 heavy (non-hydrogen) atoms. The molecule has 3 heterocycles. The van der Waals surface area contributed by atoms with Gasteiger partial charge in [0.25, 0.3) is 0 Å². The molecule has 3 fully saturated rings. The van der Waals surface area contributed by atoms with E-state index < -0.39 is 0 Å². The van der Waals surface area contributed by atoms with Gasteiger partial charge in [0.1, 0.15) is 5.65 Å². The van der Waals surface area contributed by atoms with Crippen molar-refractivity contribution >= 4 is 17.0 Å². The molecule has 210 valence electrons. The van der Waals surface area contributed by atoms with Gasteiger partial charge in [-0.1, -0.05) is 50.5 Å². The largest absolute Gasteiger partial charge is 0.393 e. The Morgan fingerprint density at radius 2 is 1.69 bits per heavy atom. The molecule has 1 aromatic carbocycles. The standard InChI is InChI=1S/C32H46N6O/c1-2-15-33-32-34-21-29-30(23-38(31(29)35-32)27-10-12-28(39)13-11-27)26-8-6-25(7-9-26)22-37-19-17-36(18-20-37)16-14-24-4-3-5-24/h6-9,21,23-24,27-28,39H,2-5,10-20,22H2,1H3,(H,33,34,35). The van der Waals surface area contributed by atoms with Crippen molar-refractivity contribution in [1.29, 1.82) is 0 Å². The van der Waals surface area contributed by atoms with E-state index in [-0.39, 0.29) is 6.10 Å². The fourth-order valence-electron chi connectivity index (χ4n) is 6.56. The second-order valence-corrected chi connectivity index (χ2v) is 12.2. The number of fused-ring (bicyclic) bond motifs is 1. The minimum Gasteiger partial charge on any atom is -0.393 e. The molecule has 6 rings (SSSR count). The molecular formula is C32H46N6O. The van der Waals surface area contributed by atoms with Gasteiger partial charge in [-0.05, 0) is 62.1 Å². The molecule has 2 aliphatic carbocycles. The van der Waals surface area contributed by atoms with Crippen molar-refractivity contribution < 1.29 is 5.11 Å². The van der Waals surface area contributed by atoms with Gasteiger partial charge in [0.05, 0.1) is 6.10 Å². The van der Waals surface area contributed by atoms with Gasteiger partial charge < -0.3 is 19.9 Å². The number of nitrogens with one attached hydrogen (secondary N) is 1. The zero-order valence-corrected chi connectivity index (χ0v) is 23.7. The highest BCUT2D eigenvalue weighted by atomic mass is 16.3. The number of benzene rings is 1. The molecule has 7 heteroatoms. The normalized spacial score (nSPS) is 23.2. The highest BCUT2D eigenvalue weighted by molar-refractivity contribution is 5.94. The topological polar surface area (TPSA) is 69.5 Å². The first-order valence-corrected chi connectivity index (χ1v) is 15.5. The van der Waals surface area contributed by atoms with Crippen LogP contribution in [0.1, 0.15) is 76.3 Å². The first kappa shape index (κ1) is 26.7. The molecule has 3 aromatic rings. The van der Waals surface area contributed by atoms with Crippen LogP contribution in [-0.4, -0.2) is 74.8 Å². The lowest BCUT2D eigenvalue weighted by Gasteiger charge is -2.36. The van der Waals surface area contributed by atoms with E-state index in [1.165, 1.54) is 75.1 Å². The van der Waals surface area contributed by atoms with E-state index in [2.05, 4.69) is 62.1 Å². The first-order chi connectivity index (χ1) is 19.2. The second kappa shape index (κ2) is 12.4. The van der Waals surface area contributed by atoms with Gasteiger partial charge in [0.2, 0.25) is 5.95 Å². The van der Waals surface area contributed by atoms with Crippen LogP contribution in [0.4, 0.5) is 5.95 Å². The Kier molecular flexibility index (Phi) is 8.47. The Morgan fingerprint density at radius 1 is 0.949 bits per heavy atom. The summed E-state index contributed by atoms with van der Waals surface area (Å²) in [6.07, 6.45) is 14.6. The highest BCUT2D eigenvalue weighted by Crippen LogP contribution is 2.37. The van der Waals surface area contributed by atoms with Crippen LogP contribution in [0, 0.1) is 5.92 Å². The van der Waals surface area contributed by atoms with Crippen LogP contribution in [-0.2, 0) is 6.54 Å². The maximum absolute atomic E-state index is 10.1. The van der Waals surface area contributed by atoms with Gasteiger partial charge in [0.15, 0.2) is 0 Å². The third-order valence-electron chi connectivity index (χ3n) is 9.38. The molecule has 0 spiro atoms. The Balaban J connectivity index is 1.14. The lowest BCUT2D eigenvalue weighted by molar-refractivity contribution is 0.111. The van der Waals surface area contributed by atoms with Gasteiger partial charge >= 0.3 is 0 Å². The van der Waals surface area contributed by atoms with Crippen LogP contribution >= 0.6 is 0 Å². The van der Waals surface area contributed by atoms with Gasteiger partial charge in [-0.2, -0.15) is 4.98 Å². The molecule has 0 atom stereocenters. The van der Waals surface area contributed by atoms with Crippen LogP contribution in [0.15, 0.2) is 36.7 Å². The van der Waals surface area contributed by atoms with Crippen molar-refractivity contribution in [2.75, 3.05) is 44.6 Å². The minimum atomic E-state index is -0.165. The second-order valence-electron chi connectivity index (χ2n) is 12.2. The zero-order chi connectivity index (χ0) is 26.6. The maximum atomic E-state index is 10.1. The predicted molar refractivity (Wildman–Crippen MR) is 159 cm³/mol. The fourth-order valence-corrected chi connectivity index (χ4v) is 6.56. The quantitative estimate of drug-likeness (QED) is 0.350. The summed E-state index contributed by atoms with van der Waals surface area (Å²) < 4.78 is 2.35. The van der Waals surface area contributed by atoms with Crippen molar-refractivity contribution in [2.45, 2.75) is 83.4 Å². The van der Waals surface area contributed by atoms with Crippen molar-refractivity contribution in [1.82, 2.24) is 24.3 Å². The van der Waals surface area contributed by atoms with Crippen molar-refractivity contribution in [2.24, 2.45) is 5.92 Å². The van der Waals surface area contributed by atoms with Crippen molar-refractivity contribution in [3.8, 4) is 11.1 Å². The van der Waals surface area contributed by atoms with E-state index in [1.54, 1.807) is 0 Å². The number of hydrogen-bond acceptors (Lipinski definition) is 6. The summed E-state index contributed by atoms with van der Waals surface area (Å²) >= 11 is 0. The van der Waals surface area contributed by atoms with Crippen LogP contribution in [0.5, 0.6) is 0 Å². The summed E-state index contributed by atoms with van der Waals surface area (Å²) in [4.78, 5) is 14.9. The van der Waals surface area contributed by atoms with Crippen LogP contribution in [0.2, 0.25) is 0 Å². The predicted octanol–water partition coefficient (Wildman–Crippen LogP) is 5.70. The fraction of sp³-hybridized carbons (Fsp3) is 0.625. The summed E-state index contributed by atoms with van der Waals surface area (Å²) in [5, 5.41) is 14.5. The Hall–Kier alpha value is -2.48. The minimum absolute atomic E-state index is 0.165. The smallest absolute Gasteiger partial charge is 0.224 e. The van der Waals surface area contributed by atoms with Gasteiger partial charge in [0, 0.05) is 68.7 Å². The van der Waals surface area contributed by atoms with E-state index in [4.69, 9.17) is 4.98 Å². The van der Waals surface area contributed by atoms with Crippen molar-refractivity contribution in [3.63, 3.8) is 0 Å². The Bertz CT molecular complexity index is 1200. The Labute approximate surface area is 233 Å². The molecule has 1 aliphatic heterocycles. The molecule has 1 saturated heterocycles. The number of rotatable bonds is 10. The third kappa shape index (κ3) is 6.31. The van der Waals surface area contributed by atoms with Gasteiger partial charge in [-0.15, -0.1) is 0 Å². The van der Waals surface area contributed by atoms with Crippen molar-refractivity contribution in [3.05, 3.63) is 42.2 Å². The average Bonchev–Trinajstić information content (AvgIpc) is 3.32. The molecular weight excluding hydrogens is 484 g/mol. The number of hydrogen-bond donors (Lipinski definition) is 2. The summed E-state index contributed by atoms with van der Waals surface area (Å²) in [5.74, 6) is 1.71. The maximum Gasteiger partial charge on any atom is 0.224 e. The molecule has 0 radical (unpaired) electrons. The summed E-state index contributed by atoms with van der Waals surface area (Å²) in [6.45, 7) is 10.1. The number of aliphatic hydroxyl groups is 1. The SMILES string of the molecule is CCCNc1ncc2c(-c3ccc(CN4CCN(CCC5CCC5)CC4)cc3)cn(C3CCC(O)CC3)c2n1. The summed E-state index contributed by atoms with van der Waals surface area (Å²) in [5.41, 5.74) is 4.80. The summed E-state index contributed by atoms with van der Waals surface area (Å²) in [7, 11) is 0. The van der Waals surface area contributed by atoms with E-state index >= 15 is 0 Å². The van der Waals surface area contributed by atoms with E-state index in [0.29, 0.717) is 12.0 Å². The summed E-state index contributed by atoms with van der Waals surface area (Å²) in [6, 6.07) is 9.52. The molecule has 0 amide bonds. The number of aromatic nitrogens is 3. The van der Waals surface area contributed by atoms with Gasteiger partial charge in [-0.3, -0.25) is 4.90 Å². The van der Waals surface area contributed by atoms with Crippen LogP contribution in [0.25, 0.3) is 22.2 Å². The lowest BCUT2D eigenvalue weighted by Crippen LogP contribution is -2.46. The number of aliphatic hydroxyl groups excluding tert-OH is 1. The molecule has 2 saturated carbocycles. The number of nitrogens with zero attached hydrogens (tertiary/aromatic N) is 5. The monoisotopic (exact) mass is 530 g/mol. The zero-order valence-electron chi connectivity index (χ0n) is 23.7. The third-order valence-corrected chi connectivity index (χ3v) is 9.38. The molecule has 2 N–H and O–H groups in total. The van der Waals surface area contributed by atoms with E-state index in [0.717, 1.165) is 62.1 Å². The van der Waals surface area contributed by atoms with Crippen LogP contribution < -0.4 is 5.32 Å². The molecule has 7 nitrogen and oxygen atoms in total. The number of anilines is 1. The Morgan fingerprint density at radius 3 is 2.38 bits per heavy atom. The first-order valence-electron chi connectivity index (χ1n) is 15.5. The highest BCUT2D eigenvalue weighted by Gasteiger charge is 2.25. The van der Waals surface area contributed by atoms with Gasteiger partial charge in [-0.25, -0.2) is 4.98 Å². The molecule has 0 bridgehead atoms. The van der Waals surface area contributed by atoms with Crippen LogP contribution in [0.3, 0.4) is 0 Å². The molecule has 2 aromatic heterocycles.